The Bertz CT molecular complexity index is 296. The topological polar surface area (TPSA) is 46.5 Å². The molecule has 0 amide bonds. The summed E-state index contributed by atoms with van der Waals surface area (Å²) in [5, 5.41) is 10.9. The van der Waals surface area contributed by atoms with Gasteiger partial charge in [0, 0.05) is 0 Å². The number of carbonyl (C=O) groups is 1. The monoisotopic (exact) mass is 240 g/mol. The smallest absolute Gasteiger partial charge is 0.314 e. The van der Waals surface area contributed by atoms with E-state index >= 15 is 0 Å². The summed E-state index contributed by atoms with van der Waals surface area (Å²) in [6.07, 6.45) is 6.35. The van der Waals surface area contributed by atoms with E-state index in [1.54, 1.807) is 0 Å². The van der Waals surface area contributed by atoms with Crippen molar-refractivity contribution >= 4 is 5.97 Å². The molecule has 17 heavy (non-hydrogen) atoms. The lowest BCUT2D eigenvalue weighted by Gasteiger charge is -2.53. The molecule has 2 atom stereocenters. The molecule has 0 aromatic heterocycles. The highest BCUT2D eigenvalue weighted by molar-refractivity contribution is 5.79. The summed E-state index contributed by atoms with van der Waals surface area (Å²) in [5.41, 5.74) is -1.40. The number of hydrogen-bond donors (Lipinski definition) is 1. The first-order valence-electron chi connectivity index (χ1n) is 6.94. The minimum atomic E-state index is -0.810. The van der Waals surface area contributed by atoms with Gasteiger partial charge in [-0.2, -0.15) is 0 Å². The van der Waals surface area contributed by atoms with Gasteiger partial charge in [-0.1, -0.05) is 26.2 Å². The largest absolute Gasteiger partial charge is 0.465 e. The minimum absolute atomic E-state index is 0.164. The second kappa shape index (κ2) is 4.60. The number of aliphatic hydroxyl groups is 1. The Labute approximate surface area is 104 Å². The Morgan fingerprint density at radius 1 is 1.35 bits per heavy atom. The molecule has 2 fully saturated rings. The van der Waals surface area contributed by atoms with Crippen LogP contribution in [0.1, 0.15) is 58.8 Å². The molecule has 0 heterocycles. The lowest BCUT2D eigenvalue weighted by molar-refractivity contribution is -0.199. The van der Waals surface area contributed by atoms with Crippen molar-refractivity contribution in [2.75, 3.05) is 6.61 Å². The zero-order valence-corrected chi connectivity index (χ0v) is 11.0. The van der Waals surface area contributed by atoms with Gasteiger partial charge >= 0.3 is 5.97 Å². The third kappa shape index (κ3) is 1.99. The molecule has 2 aliphatic carbocycles. The maximum atomic E-state index is 12.2. The van der Waals surface area contributed by atoms with Gasteiger partial charge in [-0.05, 0) is 38.5 Å². The molecule has 0 saturated heterocycles. The lowest BCUT2D eigenvalue weighted by atomic mass is 9.54. The quantitative estimate of drug-likeness (QED) is 0.771. The van der Waals surface area contributed by atoms with E-state index in [2.05, 4.69) is 6.92 Å². The standard InChI is InChI=1S/C14H24O3/c1-3-17-12(15)13(7-5-8-13)14(16)9-4-6-11(2)10-14/h11,16H,3-10H2,1-2H3. The Hall–Kier alpha value is -0.570. The van der Waals surface area contributed by atoms with Crippen molar-refractivity contribution in [3.8, 4) is 0 Å². The van der Waals surface area contributed by atoms with E-state index in [1.807, 2.05) is 6.92 Å². The van der Waals surface area contributed by atoms with Gasteiger partial charge in [-0.3, -0.25) is 4.79 Å². The zero-order chi connectivity index (χ0) is 12.5. The van der Waals surface area contributed by atoms with Gasteiger partial charge in [0.2, 0.25) is 0 Å². The van der Waals surface area contributed by atoms with E-state index < -0.39 is 11.0 Å². The molecule has 2 saturated carbocycles. The fourth-order valence-corrected chi connectivity index (χ4v) is 3.62. The van der Waals surface area contributed by atoms with E-state index in [4.69, 9.17) is 4.74 Å². The Balaban J connectivity index is 2.18. The SMILES string of the molecule is CCOC(=O)C1(C2(O)CCCC(C)C2)CCC1. The van der Waals surface area contributed by atoms with Crippen LogP contribution in [0, 0.1) is 11.3 Å². The number of rotatable bonds is 3. The fourth-order valence-electron chi connectivity index (χ4n) is 3.62. The van der Waals surface area contributed by atoms with E-state index in [9.17, 15) is 9.90 Å². The molecule has 98 valence electrons. The molecule has 3 heteroatoms. The van der Waals surface area contributed by atoms with Gasteiger partial charge < -0.3 is 9.84 Å². The maximum absolute atomic E-state index is 12.2. The van der Waals surface area contributed by atoms with Crippen LogP contribution >= 0.6 is 0 Å². The summed E-state index contributed by atoms with van der Waals surface area (Å²) in [7, 11) is 0. The van der Waals surface area contributed by atoms with Crippen LogP contribution in [0.4, 0.5) is 0 Å². The first-order chi connectivity index (χ1) is 8.04. The van der Waals surface area contributed by atoms with Gasteiger partial charge in [-0.25, -0.2) is 0 Å². The van der Waals surface area contributed by atoms with Gasteiger partial charge in [0.15, 0.2) is 0 Å². The maximum Gasteiger partial charge on any atom is 0.314 e. The number of esters is 1. The van der Waals surface area contributed by atoms with Gasteiger partial charge in [-0.15, -0.1) is 0 Å². The second-order valence-electron chi connectivity index (χ2n) is 5.89. The second-order valence-corrected chi connectivity index (χ2v) is 5.89. The van der Waals surface area contributed by atoms with Crippen molar-refractivity contribution in [2.24, 2.45) is 11.3 Å². The summed E-state index contributed by atoms with van der Waals surface area (Å²) < 4.78 is 5.20. The van der Waals surface area contributed by atoms with Crippen molar-refractivity contribution in [1.82, 2.24) is 0 Å². The van der Waals surface area contributed by atoms with Crippen molar-refractivity contribution in [2.45, 2.75) is 64.4 Å². The molecule has 0 aromatic rings. The first-order valence-corrected chi connectivity index (χ1v) is 6.94. The van der Waals surface area contributed by atoms with Gasteiger partial charge in [0.1, 0.15) is 0 Å². The molecule has 2 unspecified atom stereocenters. The summed E-state index contributed by atoms with van der Waals surface area (Å²) >= 11 is 0. The summed E-state index contributed by atoms with van der Waals surface area (Å²) in [5.74, 6) is 0.350. The zero-order valence-electron chi connectivity index (χ0n) is 11.0. The summed E-state index contributed by atoms with van der Waals surface area (Å²) in [6, 6.07) is 0. The van der Waals surface area contributed by atoms with Crippen molar-refractivity contribution in [3.63, 3.8) is 0 Å². The molecule has 0 aliphatic heterocycles. The van der Waals surface area contributed by atoms with E-state index in [0.717, 1.165) is 38.5 Å². The molecule has 1 N–H and O–H groups in total. The highest BCUT2D eigenvalue weighted by atomic mass is 16.5. The van der Waals surface area contributed by atoms with Crippen molar-refractivity contribution < 1.29 is 14.6 Å². The third-order valence-corrected chi connectivity index (χ3v) is 4.74. The Kier molecular flexibility index (Phi) is 3.48. The molecule has 0 aromatic carbocycles. The van der Waals surface area contributed by atoms with Crippen molar-refractivity contribution in [3.05, 3.63) is 0 Å². The van der Waals surface area contributed by atoms with Crippen LogP contribution in [0.3, 0.4) is 0 Å². The lowest BCUT2D eigenvalue weighted by Crippen LogP contribution is -2.59. The molecular weight excluding hydrogens is 216 g/mol. The number of hydrogen-bond acceptors (Lipinski definition) is 3. The Morgan fingerprint density at radius 2 is 2.06 bits per heavy atom. The van der Waals surface area contributed by atoms with Crippen LogP contribution in [-0.2, 0) is 9.53 Å². The summed E-state index contributed by atoms with van der Waals surface area (Å²) in [6.45, 7) is 4.41. The highest BCUT2D eigenvalue weighted by Crippen LogP contribution is 2.56. The van der Waals surface area contributed by atoms with Gasteiger partial charge in [0.05, 0.1) is 17.6 Å². The summed E-state index contributed by atoms with van der Waals surface area (Å²) in [4.78, 5) is 12.2. The van der Waals surface area contributed by atoms with E-state index in [-0.39, 0.29) is 5.97 Å². The molecular formula is C14H24O3. The number of carbonyl (C=O) groups excluding carboxylic acids is 1. The van der Waals surface area contributed by atoms with Crippen LogP contribution in [0.25, 0.3) is 0 Å². The van der Waals surface area contributed by atoms with Crippen LogP contribution in [0.5, 0.6) is 0 Å². The van der Waals surface area contributed by atoms with E-state index in [0.29, 0.717) is 12.5 Å². The molecule has 0 radical (unpaired) electrons. The molecule has 0 spiro atoms. The molecule has 2 rings (SSSR count). The average molecular weight is 240 g/mol. The predicted octanol–water partition coefficient (Wildman–Crippen LogP) is 2.66. The average Bonchev–Trinajstić information content (AvgIpc) is 2.14. The van der Waals surface area contributed by atoms with Crippen LogP contribution < -0.4 is 0 Å². The number of ether oxygens (including phenoxy) is 1. The minimum Gasteiger partial charge on any atom is -0.465 e. The Morgan fingerprint density at radius 3 is 2.53 bits per heavy atom. The van der Waals surface area contributed by atoms with E-state index in [1.165, 1.54) is 6.42 Å². The van der Waals surface area contributed by atoms with Crippen LogP contribution in [0.2, 0.25) is 0 Å². The van der Waals surface area contributed by atoms with Gasteiger partial charge in [0.25, 0.3) is 0 Å². The van der Waals surface area contributed by atoms with Crippen LogP contribution in [-0.4, -0.2) is 23.3 Å². The third-order valence-electron chi connectivity index (χ3n) is 4.74. The highest BCUT2D eigenvalue weighted by Gasteiger charge is 2.60. The normalized spacial score (nSPS) is 36.1. The first kappa shape index (κ1) is 12.9. The van der Waals surface area contributed by atoms with Crippen LogP contribution in [0.15, 0.2) is 0 Å². The molecule has 2 aliphatic rings. The predicted molar refractivity (Wildman–Crippen MR) is 65.5 cm³/mol. The molecule has 3 nitrogen and oxygen atoms in total. The molecule has 0 bridgehead atoms. The van der Waals surface area contributed by atoms with Crippen molar-refractivity contribution in [1.29, 1.82) is 0 Å². The fraction of sp³-hybridized carbons (Fsp3) is 0.929.